The molecule has 316 valence electrons. The molecule has 55 heavy (non-hydrogen) atoms. The molecule has 0 aromatic carbocycles. The first-order valence-electron chi connectivity index (χ1n) is 18.6. The molecule has 0 aromatic heterocycles. The molecule has 2 rings (SSSR count). The molecule has 2 aliphatic rings. The summed E-state index contributed by atoms with van der Waals surface area (Å²) in [5, 5.41) is 34.6. The van der Waals surface area contributed by atoms with E-state index in [-0.39, 0.29) is 73.9 Å². The van der Waals surface area contributed by atoms with Crippen molar-refractivity contribution in [3.05, 3.63) is 24.3 Å². The molecule has 17 nitrogen and oxygen atoms in total. The van der Waals surface area contributed by atoms with Crippen molar-refractivity contribution in [3.63, 3.8) is 0 Å². The van der Waals surface area contributed by atoms with Crippen molar-refractivity contribution < 1.29 is 72.5 Å². The molecule has 2 aliphatic heterocycles. The standard InChI is InChI=1S/C21H35NO7.C17H29NO8/c1-13(2)18(25)8-7-9-26-10-11-27-21-20(22-16(5)23)15(4)14(3)19(29-21)12-28-17(6)24;1-10(2)12(21)5-4-6-24-7-8-25-17-14(18-11(3)20)16(23)15(22)13(9-19)26-17/h14-15,19-21H,1,7-12H2,2-6H3,(H,22,23);13-17,19,22-23H,1,4-9H2,2-3H3,(H,18,20)/t14-,15+,19?,20?,21-;13?,14?,15-,16+,17+/m10/s1. The second kappa shape index (κ2) is 26.7. The molecule has 2 heterocycles. The van der Waals surface area contributed by atoms with E-state index in [2.05, 4.69) is 23.8 Å². The number of nitrogens with one attached hydrogen (secondary N) is 2. The minimum atomic E-state index is -1.35. The van der Waals surface area contributed by atoms with Crippen LogP contribution in [0.5, 0.6) is 0 Å². The van der Waals surface area contributed by atoms with Crippen molar-refractivity contribution >= 4 is 29.4 Å². The first-order valence-corrected chi connectivity index (χ1v) is 18.6. The van der Waals surface area contributed by atoms with Gasteiger partial charge in [0.25, 0.3) is 0 Å². The van der Waals surface area contributed by atoms with E-state index in [1.807, 2.05) is 13.8 Å². The predicted molar refractivity (Wildman–Crippen MR) is 198 cm³/mol. The Morgan fingerprint density at radius 1 is 0.636 bits per heavy atom. The molecule has 17 heteroatoms. The van der Waals surface area contributed by atoms with Crippen LogP contribution in [0.25, 0.3) is 0 Å². The molecular weight excluding hydrogens is 724 g/mol. The Labute approximate surface area is 324 Å². The molecule has 2 amide bonds. The maximum atomic E-state index is 11.6. The van der Waals surface area contributed by atoms with E-state index in [0.717, 1.165) is 0 Å². The Bertz CT molecular complexity index is 1240. The van der Waals surface area contributed by atoms with Gasteiger partial charge in [-0.2, -0.15) is 0 Å². The van der Waals surface area contributed by atoms with E-state index in [1.54, 1.807) is 13.8 Å². The number of carbonyl (C=O) groups is 5. The van der Waals surface area contributed by atoms with Crippen molar-refractivity contribution in [2.75, 3.05) is 52.9 Å². The van der Waals surface area contributed by atoms with Crippen LogP contribution in [0.3, 0.4) is 0 Å². The number of rotatable bonds is 23. The van der Waals surface area contributed by atoms with Gasteiger partial charge < -0.3 is 59.1 Å². The van der Waals surface area contributed by atoms with E-state index < -0.39 is 49.4 Å². The summed E-state index contributed by atoms with van der Waals surface area (Å²) in [6.07, 6.45) is -3.76. The van der Waals surface area contributed by atoms with Gasteiger partial charge in [-0.15, -0.1) is 0 Å². The number of esters is 1. The van der Waals surface area contributed by atoms with Gasteiger partial charge in [-0.1, -0.05) is 27.0 Å². The number of ether oxygens (including phenoxy) is 7. The van der Waals surface area contributed by atoms with Crippen LogP contribution >= 0.6 is 0 Å². The molecular formula is C38H64N2O15. The molecule has 5 N–H and O–H groups in total. The zero-order valence-electron chi connectivity index (χ0n) is 33.4. The fourth-order valence-corrected chi connectivity index (χ4v) is 5.62. The summed E-state index contributed by atoms with van der Waals surface area (Å²) >= 11 is 0. The van der Waals surface area contributed by atoms with Crippen LogP contribution in [-0.2, 0) is 57.1 Å². The summed E-state index contributed by atoms with van der Waals surface area (Å²) in [5.74, 6) is -0.780. The highest BCUT2D eigenvalue weighted by molar-refractivity contribution is 5.94. The van der Waals surface area contributed by atoms with Crippen LogP contribution in [0.2, 0.25) is 0 Å². The lowest BCUT2D eigenvalue weighted by molar-refractivity contribution is -0.272. The number of Topliss-reactive ketones (excluding diaryl/α,β-unsaturated/α-hetero) is 2. The van der Waals surface area contributed by atoms with Gasteiger partial charge in [-0.05, 0) is 49.7 Å². The number of carbonyl (C=O) groups excluding carboxylic acids is 5. The van der Waals surface area contributed by atoms with Gasteiger partial charge in [0.15, 0.2) is 24.1 Å². The summed E-state index contributed by atoms with van der Waals surface area (Å²) in [6.45, 7) is 20.1. The molecule has 10 atom stereocenters. The third-order valence-corrected chi connectivity index (χ3v) is 9.01. The maximum absolute atomic E-state index is 11.6. The van der Waals surface area contributed by atoms with Crippen molar-refractivity contribution in [3.8, 4) is 0 Å². The highest BCUT2D eigenvalue weighted by atomic mass is 16.7. The van der Waals surface area contributed by atoms with Gasteiger partial charge in [0.05, 0.1) is 45.2 Å². The number of ketones is 2. The van der Waals surface area contributed by atoms with E-state index in [4.69, 9.17) is 33.2 Å². The van der Waals surface area contributed by atoms with Crippen molar-refractivity contribution in [1.82, 2.24) is 10.6 Å². The third-order valence-electron chi connectivity index (χ3n) is 9.01. The molecule has 2 fully saturated rings. The Balaban J connectivity index is 0.000000553. The van der Waals surface area contributed by atoms with Crippen LogP contribution in [0.1, 0.15) is 74.1 Å². The molecule has 0 saturated carbocycles. The Morgan fingerprint density at radius 2 is 1.09 bits per heavy atom. The van der Waals surface area contributed by atoms with Gasteiger partial charge in [-0.25, -0.2) is 0 Å². The Morgan fingerprint density at radius 3 is 1.53 bits per heavy atom. The highest BCUT2D eigenvalue weighted by Crippen LogP contribution is 2.32. The Hall–Kier alpha value is -3.13. The minimum absolute atomic E-state index is 0.00111. The highest BCUT2D eigenvalue weighted by Gasteiger charge is 2.45. The van der Waals surface area contributed by atoms with Crippen LogP contribution in [0.4, 0.5) is 0 Å². The lowest BCUT2D eigenvalue weighted by atomic mass is 9.82. The summed E-state index contributed by atoms with van der Waals surface area (Å²) in [5.41, 5.74) is 1.07. The van der Waals surface area contributed by atoms with Gasteiger partial charge >= 0.3 is 5.97 Å². The molecule has 0 radical (unpaired) electrons. The monoisotopic (exact) mass is 788 g/mol. The summed E-state index contributed by atoms with van der Waals surface area (Å²) in [4.78, 5) is 56.9. The fraction of sp³-hybridized carbons (Fsp3) is 0.763. The second-order valence-electron chi connectivity index (χ2n) is 13.8. The topological polar surface area (TPSA) is 235 Å². The van der Waals surface area contributed by atoms with Gasteiger partial charge in [-0.3, -0.25) is 24.0 Å². The van der Waals surface area contributed by atoms with Gasteiger partial charge in [0.1, 0.15) is 31.0 Å². The lowest BCUT2D eigenvalue weighted by Crippen LogP contribution is -2.64. The normalized spacial score (nSPS) is 27.5. The van der Waals surface area contributed by atoms with Crippen molar-refractivity contribution in [2.24, 2.45) is 11.8 Å². The second-order valence-corrected chi connectivity index (χ2v) is 13.8. The number of aliphatic hydroxyl groups excluding tert-OH is 3. The van der Waals surface area contributed by atoms with Crippen molar-refractivity contribution in [1.29, 1.82) is 0 Å². The first-order chi connectivity index (χ1) is 25.9. The third kappa shape index (κ3) is 19.0. The fourth-order valence-electron chi connectivity index (χ4n) is 5.62. The lowest BCUT2D eigenvalue weighted by Gasteiger charge is -2.44. The number of aliphatic hydroxyl groups is 3. The number of amides is 2. The first kappa shape index (κ1) is 49.9. The van der Waals surface area contributed by atoms with Crippen LogP contribution < -0.4 is 10.6 Å². The van der Waals surface area contributed by atoms with E-state index in [9.17, 15) is 39.3 Å². The minimum Gasteiger partial charge on any atom is -0.463 e. The zero-order valence-corrected chi connectivity index (χ0v) is 33.4. The SMILES string of the molecule is C=C(C)C(=O)CCCOCCO[C@@H]1OC(CO)[C@H](O)[C@H](O)C1NC(C)=O.C=C(C)C(=O)CCCOCCO[C@@H]1OC(COC(C)=O)[C@H](C)[C@H](C)C1NC(C)=O. The van der Waals surface area contributed by atoms with E-state index in [0.29, 0.717) is 56.7 Å². The smallest absolute Gasteiger partial charge is 0.302 e. The average Bonchev–Trinajstić information content (AvgIpc) is 3.11. The summed E-state index contributed by atoms with van der Waals surface area (Å²) in [6, 6.07) is -1.29. The largest absolute Gasteiger partial charge is 0.463 e. The van der Waals surface area contributed by atoms with E-state index in [1.165, 1.54) is 20.8 Å². The molecule has 0 aliphatic carbocycles. The van der Waals surface area contributed by atoms with E-state index >= 15 is 0 Å². The number of allylic oxidation sites excluding steroid dienone is 2. The molecule has 0 bridgehead atoms. The van der Waals surface area contributed by atoms with Crippen molar-refractivity contribution in [2.45, 2.75) is 123 Å². The molecule has 0 spiro atoms. The molecule has 4 unspecified atom stereocenters. The number of hydrogen-bond acceptors (Lipinski definition) is 15. The number of hydrogen-bond donors (Lipinski definition) is 5. The predicted octanol–water partition coefficient (Wildman–Crippen LogP) is 0.899. The van der Waals surface area contributed by atoms with Crippen LogP contribution in [-0.4, -0.2) is 147 Å². The van der Waals surface area contributed by atoms with Crippen LogP contribution in [0, 0.1) is 11.8 Å². The average molecular weight is 789 g/mol. The van der Waals surface area contributed by atoms with Gasteiger partial charge in [0, 0.05) is 46.8 Å². The van der Waals surface area contributed by atoms with Crippen LogP contribution in [0.15, 0.2) is 24.3 Å². The maximum Gasteiger partial charge on any atom is 0.302 e. The quantitative estimate of drug-likeness (QED) is 0.0550. The van der Waals surface area contributed by atoms with Gasteiger partial charge in [0.2, 0.25) is 11.8 Å². The molecule has 0 aromatic rings. The summed E-state index contributed by atoms with van der Waals surface area (Å²) in [7, 11) is 0. The molecule has 2 saturated heterocycles. The zero-order chi connectivity index (χ0) is 41.7. The summed E-state index contributed by atoms with van der Waals surface area (Å²) < 4.78 is 38.7. The Kier molecular flexibility index (Phi) is 24.2.